The lowest BCUT2D eigenvalue weighted by molar-refractivity contribution is 0.102. The molecule has 21 heavy (non-hydrogen) atoms. The van der Waals surface area contributed by atoms with Crippen LogP contribution in [0.5, 0.6) is 0 Å². The largest absolute Gasteiger partial charge is 0.335 e. The summed E-state index contributed by atoms with van der Waals surface area (Å²) in [5.41, 5.74) is 2.27. The number of hydrogen-bond donors (Lipinski definition) is 1. The highest BCUT2D eigenvalue weighted by Crippen LogP contribution is 2.26. The second kappa shape index (κ2) is 5.61. The summed E-state index contributed by atoms with van der Waals surface area (Å²) >= 11 is 1.61. The van der Waals surface area contributed by atoms with Crippen molar-refractivity contribution in [2.24, 2.45) is 7.05 Å². The van der Waals surface area contributed by atoms with Gasteiger partial charge >= 0.3 is 0 Å². The Labute approximate surface area is 127 Å². The van der Waals surface area contributed by atoms with Crippen LogP contribution >= 0.6 is 11.8 Å². The maximum atomic E-state index is 12.5. The third-order valence-corrected chi connectivity index (χ3v) is 4.13. The zero-order valence-electron chi connectivity index (χ0n) is 11.8. The van der Waals surface area contributed by atoms with E-state index >= 15 is 0 Å². The van der Waals surface area contributed by atoms with Gasteiger partial charge in [0.15, 0.2) is 0 Å². The van der Waals surface area contributed by atoms with Crippen molar-refractivity contribution in [1.82, 2.24) is 9.55 Å². The summed E-state index contributed by atoms with van der Waals surface area (Å²) in [6, 6.07) is 11.5. The van der Waals surface area contributed by atoms with E-state index in [1.165, 1.54) is 0 Å². The van der Waals surface area contributed by atoms with Crippen molar-refractivity contribution in [2.75, 3.05) is 11.6 Å². The van der Waals surface area contributed by atoms with Gasteiger partial charge in [0, 0.05) is 29.7 Å². The molecule has 106 valence electrons. The van der Waals surface area contributed by atoms with Gasteiger partial charge in [-0.05, 0) is 30.5 Å². The summed E-state index contributed by atoms with van der Waals surface area (Å²) in [6.45, 7) is 0. The Morgan fingerprint density at radius 1 is 1.24 bits per heavy atom. The van der Waals surface area contributed by atoms with E-state index in [1.54, 1.807) is 18.0 Å². The minimum Gasteiger partial charge on any atom is -0.335 e. The van der Waals surface area contributed by atoms with Crippen LogP contribution in [0.3, 0.4) is 0 Å². The summed E-state index contributed by atoms with van der Waals surface area (Å²) in [4.78, 5) is 17.9. The van der Waals surface area contributed by atoms with Crippen LogP contribution in [0.1, 0.15) is 10.4 Å². The Hall–Kier alpha value is -2.27. The van der Waals surface area contributed by atoms with Crippen LogP contribution in [0, 0.1) is 0 Å². The topological polar surface area (TPSA) is 46.9 Å². The van der Waals surface area contributed by atoms with Gasteiger partial charge in [-0.15, -0.1) is 11.8 Å². The van der Waals surface area contributed by atoms with E-state index in [2.05, 4.69) is 10.3 Å². The van der Waals surface area contributed by atoms with Crippen LogP contribution in [0.2, 0.25) is 0 Å². The van der Waals surface area contributed by atoms with E-state index in [-0.39, 0.29) is 5.91 Å². The van der Waals surface area contributed by atoms with Gasteiger partial charge in [-0.2, -0.15) is 0 Å². The zero-order valence-corrected chi connectivity index (χ0v) is 12.6. The number of para-hydroxylation sites is 1. The molecular weight excluding hydrogens is 282 g/mol. The summed E-state index contributed by atoms with van der Waals surface area (Å²) in [6.07, 6.45) is 5.54. The maximum Gasteiger partial charge on any atom is 0.257 e. The van der Waals surface area contributed by atoms with Crippen LogP contribution in [0.4, 0.5) is 5.69 Å². The quantitative estimate of drug-likeness (QED) is 0.752. The summed E-state index contributed by atoms with van der Waals surface area (Å²) < 4.78 is 1.87. The number of rotatable bonds is 3. The number of aryl methyl sites for hydroxylation is 1. The molecule has 0 saturated heterocycles. The van der Waals surface area contributed by atoms with Crippen LogP contribution in [-0.4, -0.2) is 21.7 Å². The second-order valence-corrected chi connectivity index (χ2v) is 5.53. The van der Waals surface area contributed by atoms with Gasteiger partial charge in [0.05, 0.1) is 11.3 Å². The van der Waals surface area contributed by atoms with Gasteiger partial charge in [-0.25, -0.2) is 4.98 Å². The minimum atomic E-state index is -0.116. The van der Waals surface area contributed by atoms with Crippen molar-refractivity contribution >= 4 is 34.4 Å². The molecule has 0 unspecified atom stereocenters. The molecule has 0 aliphatic heterocycles. The summed E-state index contributed by atoms with van der Waals surface area (Å²) in [5, 5.41) is 3.84. The predicted molar refractivity (Wildman–Crippen MR) is 86.9 cm³/mol. The van der Waals surface area contributed by atoms with E-state index < -0.39 is 0 Å². The van der Waals surface area contributed by atoms with Crippen molar-refractivity contribution < 1.29 is 4.79 Å². The van der Waals surface area contributed by atoms with E-state index in [4.69, 9.17) is 0 Å². The molecule has 1 amide bonds. The first kappa shape index (κ1) is 13.7. The number of nitrogens with one attached hydrogen (secondary N) is 1. The maximum absolute atomic E-state index is 12.5. The van der Waals surface area contributed by atoms with Crippen LogP contribution in [0.15, 0.2) is 53.7 Å². The Morgan fingerprint density at radius 2 is 2.05 bits per heavy atom. The number of fused-ring (bicyclic) bond motifs is 1. The number of amides is 1. The zero-order chi connectivity index (χ0) is 14.8. The average molecular weight is 297 g/mol. The molecule has 2 aromatic heterocycles. The average Bonchev–Trinajstić information content (AvgIpc) is 2.86. The van der Waals surface area contributed by atoms with Gasteiger partial charge in [-0.1, -0.05) is 12.1 Å². The van der Waals surface area contributed by atoms with Crippen LogP contribution in [0.25, 0.3) is 11.0 Å². The minimum absolute atomic E-state index is 0.116. The lowest BCUT2D eigenvalue weighted by atomic mass is 10.2. The molecular formula is C16H15N3OS. The van der Waals surface area contributed by atoms with Crippen molar-refractivity contribution in [2.45, 2.75) is 4.90 Å². The molecule has 2 heterocycles. The van der Waals surface area contributed by atoms with E-state index in [0.29, 0.717) is 5.56 Å². The first-order valence-electron chi connectivity index (χ1n) is 6.55. The SMILES string of the molecule is CSc1ccccc1NC(=O)c1cn(C)c2ncccc12. The highest BCUT2D eigenvalue weighted by molar-refractivity contribution is 7.98. The third-order valence-electron chi connectivity index (χ3n) is 3.33. The Morgan fingerprint density at radius 3 is 2.86 bits per heavy atom. The Balaban J connectivity index is 1.98. The number of anilines is 1. The van der Waals surface area contributed by atoms with Crippen LogP contribution in [-0.2, 0) is 7.05 Å². The van der Waals surface area contributed by atoms with Gasteiger partial charge in [0.2, 0.25) is 0 Å². The predicted octanol–water partition coefficient (Wildman–Crippen LogP) is 3.55. The molecule has 0 bridgehead atoms. The van der Waals surface area contributed by atoms with E-state index in [1.807, 2.05) is 60.5 Å². The molecule has 0 saturated carbocycles. The normalized spacial score (nSPS) is 10.8. The molecule has 4 nitrogen and oxygen atoms in total. The molecule has 1 aromatic carbocycles. The molecule has 0 spiro atoms. The van der Waals surface area contributed by atoms with Crippen molar-refractivity contribution in [3.63, 3.8) is 0 Å². The summed E-state index contributed by atoms with van der Waals surface area (Å²) in [5.74, 6) is -0.116. The first-order valence-corrected chi connectivity index (χ1v) is 7.77. The number of benzene rings is 1. The lowest BCUT2D eigenvalue weighted by Gasteiger charge is -2.08. The fourth-order valence-corrected chi connectivity index (χ4v) is 2.88. The highest BCUT2D eigenvalue weighted by Gasteiger charge is 2.15. The monoisotopic (exact) mass is 297 g/mol. The number of nitrogens with zero attached hydrogens (tertiary/aromatic N) is 2. The molecule has 1 N–H and O–H groups in total. The molecule has 3 rings (SSSR count). The van der Waals surface area contributed by atoms with E-state index in [9.17, 15) is 4.79 Å². The van der Waals surface area contributed by atoms with Crippen molar-refractivity contribution in [3.8, 4) is 0 Å². The van der Waals surface area contributed by atoms with Crippen LogP contribution < -0.4 is 5.32 Å². The van der Waals surface area contributed by atoms with Crippen molar-refractivity contribution in [3.05, 3.63) is 54.4 Å². The van der Waals surface area contributed by atoms with E-state index in [0.717, 1.165) is 21.6 Å². The molecule has 0 radical (unpaired) electrons. The number of aromatic nitrogens is 2. The van der Waals surface area contributed by atoms with Gasteiger partial charge < -0.3 is 9.88 Å². The number of thioether (sulfide) groups is 1. The van der Waals surface area contributed by atoms with Gasteiger partial charge in [-0.3, -0.25) is 4.79 Å². The molecule has 0 aliphatic rings. The third kappa shape index (κ3) is 2.52. The number of pyridine rings is 1. The molecule has 0 fully saturated rings. The van der Waals surface area contributed by atoms with Gasteiger partial charge in [0.1, 0.15) is 5.65 Å². The highest BCUT2D eigenvalue weighted by atomic mass is 32.2. The first-order chi connectivity index (χ1) is 10.2. The molecule has 0 aliphatic carbocycles. The lowest BCUT2D eigenvalue weighted by Crippen LogP contribution is -2.12. The fourth-order valence-electron chi connectivity index (χ4n) is 2.33. The molecule has 5 heteroatoms. The number of hydrogen-bond acceptors (Lipinski definition) is 3. The molecule has 0 atom stereocenters. The standard InChI is InChI=1S/C16H15N3OS/c1-19-10-12(11-6-5-9-17-15(11)19)16(20)18-13-7-3-4-8-14(13)21-2/h3-10H,1-2H3,(H,18,20). The number of carbonyl (C=O) groups is 1. The molecule has 3 aromatic rings. The number of carbonyl (C=O) groups excluding carboxylic acids is 1. The fraction of sp³-hybridized carbons (Fsp3) is 0.125. The Kier molecular flexibility index (Phi) is 3.66. The van der Waals surface area contributed by atoms with Crippen molar-refractivity contribution in [1.29, 1.82) is 0 Å². The smallest absolute Gasteiger partial charge is 0.257 e. The Bertz CT molecular complexity index is 810. The second-order valence-electron chi connectivity index (χ2n) is 4.68. The van der Waals surface area contributed by atoms with Gasteiger partial charge in [0.25, 0.3) is 5.91 Å². The summed E-state index contributed by atoms with van der Waals surface area (Å²) in [7, 11) is 1.89.